The lowest BCUT2D eigenvalue weighted by molar-refractivity contribution is -0.112. The van der Waals surface area contributed by atoms with Crippen LogP contribution in [0.25, 0.3) is 0 Å². The largest absolute Gasteiger partial charge is 0.373 e. The lowest BCUT2D eigenvalue weighted by Gasteiger charge is -2.20. The van der Waals surface area contributed by atoms with Gasteiger partial charge in [0.2, 0.25) is 0 Å². The number of hydrogen-bond acceptors (Lipinski definition) is 5. The predicted molar refractivity (Wildman–Crippen MR) is 77.9 cm³/mol. The van der Waals surface area contributed by atoms with Crippen LogP contribution in [0.15, 0.2) is 36.1 Å². The zero-order valence-electron chi connectivity index (χ0n) is 11.8. The number of nitrogens with one attached hydrogen (secondary N) is 3. The number of aryl methyl sites for hydroxylation is 1. The van der Waals surface area contributed by atoms with Crippen molar-refractivity contribution in [3.05, 3.63) is 36.1 Å². The summed E-state index contributed by atoms with van der Waals surface area (Å²) < 4.78 is 1.77. The highest BCUT2D eigenvalue weighted by Gasteiger charge is 2.30. The number of aliphatic hydroxyl groups is 1. The molecule has 1 atom stereocenters. The molecule has 1 aliphatic heterocycles. The van der Waals surface area contributed by atoms with Gasteiger partial charge in [0.15, 0.2) is 5.82 Å². The molecular weight excluding hydrogens is 270 g/mol. The van der Waals surface area contributed by atoms with Gasteiger partial charge in [-0.25, -0.2) is 4.98 Å². The van der Waals surface area contributed by atoms with E-state index in [1.54, 1.807) is 29.2 Å². The van der Waals surface area contributed by atoms with E-state index in [9.17, 15) is 9.90 Å². The molecule has 3 rings (SSSR count). The number of hydrogen-bond donors (Lipinski definition) is 4. The summed E-state index contributed by atoms with van der Waals surface area (Å²) in [5.41, 5.74) is 0.546. The first-order valence-electron chi connectivity index (χ1n) is 7.01. The number of aliphatic hydroxyl groups excluding tert-OH is 1. The van der Waals surface area contributed by atoms with Crippen molar-refractivity contribution >= 4 is 11.7 Å². The second-order valence-corrected chi connectivity index (χ2v) is 5.40. The number of imidazole rings is 1. The summed E-state index contributed by atoms with van der Waals surface area (Å²) in [4.78, 5) is 16.2. The maximum Gasteiger partial charge on any atom is 0.256 e. The number of nitrogens with zero attached hydrogens (tertiary/aromatic N) is 2. The Hall–Kier alpha value is -2.28. The molecule has 0 saturated heterocycles. The van der Waals surface area contributed by atoms with Gasteiger partial charge in [0.25, 0.3) is 5.91 Å². The third kappa shape index (κ3) is 3.43. The van der Waals surface area contributed by atoms with E-state index < -0.39 is 6.23 Å². The van der Waals surface area contributed by atoms with E-state index in [4.69, 9.17) is 0 Å². The first kappa shape index (κ1) is 13.7. The molecule has 21 heavy (non-hydrogen) atoms. The standard InChI is InChI=1S/C14H19N5O2/c1-19-7-12(16-8-19)18-14(21)10-4-5-15-11(6-10)17-13(20)9-2-3-9/h4,6-9,13,15,17,20H,2-3,5H2,1H3,(H,18,21). The van der Waals surface area contributed by atoms with Crippen LogP contribution in [0, 0.1) is 5.92 Å². The Kier molecular flexibility index (Phi) is 3.66. The Balaban J connectivity index is 1.62. The van der Waals surface area contributed by atoms with Crippen LogP contribution in [0.1, 0.15) is 12.8 Å². The van der Waals surface area contributed by atoms with Crippen molar-refractivity contribution in [1.82, 2.24) is 20.2 Å². The van der Waals surface area contributed by atoms with Crippen molar-refractivity contribution in [3.63, 3.8) is 0 Å². The zero-order valence-corrected chi connectivity index (χ0v) is 11.8. The summed E-state index contributed by atoms with van der Waals surface area (Å²) in [5.74, 6) is 1.30. The van der Waals surface area contributed by atoms with Gasteiger partial charge in [-0.15, -0.1) is 0 Å². The average Bonchev–Trinajstić information content (AvgIpc) is 3.23. The summed E-state index contributed by atoms with van der Waals surface area (Å²) in [5, 5.41) is 18.7. The van der Waals surface area contributed by atoms with Gasteiger partial charge in [-0.2, -0.15) is 0 Å². The van der Waals surface area contributed by atoms with Crippen LogP contribution >= 0.6 is 0 Å². The Morgan fingerprint density at radius 2 is 2.38 bits per heavy atom. The van der Waals surface area contributed by atoms with Gasteiger partial charge < -0.3 is 25.6 Å². The highest BCUT2D eigenvalue weighted by atomic mass is 16.3. The fraction of sp³-hybridized carbons (Fsp3) is 0.429. The van der Waals surface area contributed by atoms with Crippen molar-refractivity contribution in [3.8, 4) is 0 Å². The topological polar surface area (TPSA) is 91.2 Å². The van der Waals surface area contributed by atoms with Crippen LogP contribution in [0.5, 0.6) is 0 Å². The zero-order chi connectivity index (χ0) is 14.8. The number of carbonyl (C=O) groups excluding carboxylic acids is 1. The molecule has 1 aliphatic carbocycles. The molecule has 1 aromatic heterocycles. The number of rotatable bonds is 5. The van der Waals surface area contributed by atoms with Crippen molar-refractivity contribution in [2.24, 2.45) is 13.0 Å². The van der Waals surface area contributed by atoms with Gasteiger partial charge in [-0.05, 0) is 18.9 Å². The highest BCUT2D eigenvalue weighted by Crippen LogP contribution is 2.31. The van der Waals surface area contributed by atoms with Crippen LogP contribution < -0.4 is 16.0 Å². The molecule has 0 aromatic carbocycles. The van der Waals surface area contributed by atoms with Gasteiger partial charge in [0, 0.05) is 31.3 Å². The fourth-order valence-electron chi connectivity index (χ4n) is 2.14. The molecule has 1 unspecified atom stereocenters. The van der Waals surface area contributed by atoms with E-state index in [2.05, 4.69) is 20.9 Å². The maximum absolute atomic E-state index is 12.2. The number of anilines is 1. The number of aromatic nitrogens is 2. The monoisotopic (exact) mass is 289 g/mol. The lowest BCUT2D eigenvalue weighted by atomic mass is 10.1. The van der Waals surface area contributed by atoms with Gasteiger partial charge in [0.05, 0.1) is 6.33 Å². The minimum atomic E-state index is -0.554. The fourth-order valence-corrected chi connectivity index (χ4v) is 2.14. The predicted octanol–water partition coefficient (Wildman–Crippen LogP) is 0.0476. The highest BCUT2D eigenvalue weighted by molar-refractivity contribution is 6.05. The Morgan fingerprint density at radius 1 is 1.57 bits per heavy atom. The smallest absolute Gasteiger partial charge is 0.256 e. The average molecular weight is 289 g/mol. The molecule has 1 aromatic rings. The van der Waals surface area contributed by atoms with Gasteiger partial charge in [0.1, 0.15) is 12.0 Å². The molecule has 7 heteroatoms. The first-order valence-corrected chi connectivity index (χ1v) is 7.01. The molecule has 2 heterocycles. The molecule has 4 N–H and O–H groups in total. The molecule has 0 radical (unpaired) electrons. The Labute approximate surface area is 122 Å². The second-order valence-electron chi connectivity index (χ2n) is 5.40. The molecular formula is C14H19N5O2. The third-order valence-electron chi connectivity index (χ3n) is 3.49. The van der Waals surface area contributed by atoms with E-state index in [0.29, 0.717) is 29.7 Å². The SMILES string of the molecule is Cn1cnc(NC(=O)C2=CCNC(NC(O)C3CC3)=C2)c1. The maximum atomic E-state index is 12.2. The Morgan fingerprint density at radius 3 is 3.05 bits per heavy atom. The van der Waals surface area contributed by atoms with Gasteiger partial charge >= 0.3 is 0 Å². The van der Waals surface area contributed by atoms with Crippen molar-refractivity contribution < 1.29 is 9.90 Å². The van der Waals surface area contributed by atoms with Crippen LogP contribution in [-0.4, -0.2) is 33.3 Å². The van der Waals surface area contributed by atoms with Crippen LogP contribution in [0.2, 0.25) is 0 Å². The van der Waals surface area contributed by atoms with E-state index in [-0.39, 0.29) is 5.91 Å². The van der Waals surface area contributed by atoms with Crippen LogP contribution in [0.4, 0.5) is 5.82 Å². The first-order chi connectivity index (χ1) is 10.1. The normalized spacial score (nSPS) is 19.1. The third-order valence-corrected chi connectivity index (χ3v) is 3.49. The lowest BCUT2D eigenvalue weighted by Crippen LogP contribution is -2.38. The van der Waals surface area contributed by atoms with Crippen molar-refractivity contribution in [2.45, 2.75) is 19.1 Å². The summed E-state index contributed by atoms with van der Waals surface area (Å²) in [6, 6.07) is 0. The van der Waals surface area contributed by atoms with E-state index in [0.717, 1.165) is 12.8 Å². The summed E-state index contributed by atoms with van der Waals surface area (Å²) >= 11 is 0. The van der Waals surface area contributed by atoms with Crippen LogP contribution in [-0.2, 0) is 11.8 Å². The summed E-state index contributed by atoms with van der Waals surface area (Å²) in [7, 11) is 1.84. The summed E-state index contributed by atoms with van der Waals surface area (Å²) in [6.45, 7) is 0.543. The molecule has 7 nitrogen and oxygen atoms in total. The molecule has 0 spiro atoms. The van der Waals surface area contributed by atoms with Crippen LogP contribution in [0.3, 0.4) is 0 Å². The number of carbonyl (C=O) groups is 1. The molecule has 1 amide bonds. The second kappa shape index (κ2) is 5.61. The van der Waals surface area contributed by atoms with E-state index in [1.807, 2.05) is 7.05 Å². The van der Waals surface area contributed by atoms with E-state index >= 15 is 0 Å². The summed E-state index contributed by atoms with van der Waals surface area (Å²) in [6.07, 6.45) is 8.40. The molecule has 1 saturated carbocycles. The molecule has 1 fully saturated rings. The number of amides is 1. The van der Waals surface area contributed by atoms with E-state index in [1.165, 1.54) is 0 Å². The van der Waals surface area contributed by atoms with Gasteiger partial charge in [-0.3, -0.25) is 4.79 Å². The molecule has 2 aliphatic rings. The number of dihydropyridines is 1. The van der Waals surface area contributed by atoms with Crippen molar-refractivity contribution in [1.29, 1.82) is 0 Å². The Bertz CT molecular complexity index is 600. The molecule has 112 valence electrons. The quantitative estimate of drug-likeness (QED) is 0.575. The molecule has 0 bridgehead atoms. The van der Waals surface area contributed by atoms with Gasteiger partial charge in [-0.1, -0.05) is 6.08 Å². The van der Waals surface area contributed by atoms with Crippen molar-refractivity contribution in [2.75, 3.05) is 11.9 Å². The minimum absolute atomic E-state index is 0.213. The minimum Gasteiger partial charge on any atom is -0.373 e.